The quantitative estimate of drug-likeness (QED) is 0.780. The first-order valence-corrected chi connectivity index (χ1v) is 7.60. The molecule has 2 unspecified atom stereocenters. The van der Waals surface area contributed by atoms with Crippen LogP contribution in [0.1, 0.15) is 43.0 Å². The molecule has 122 valence electrons. The van der Waals surface area contributed by atoms with Gasteiger partial charge in [-0.25, -0.2) is 4.79 Å². The van der Waals surface area contributed by atoms with Gasteiger partial charge in [0.1, 0.15) is 6.10 Å². The lowest BCUT2D eigenvalue weighted by molar-refractivity contribution is 0.0154. The predicted molar refractivity (Wildman–Crippen MR) is 82.9 cm³/mol. The van der Waals surface area contributed by atoms with Crippen molar-refractivity contribution in [3.05, 3.63) is 17.7 Å². The first kappa shape index (κ1) is 16.5. The van der Waals surface area contributed by atoms with E-state index in [1.54, 1.807) is 12.1 Å². The monoisotopic (exact) mass is 308 g/mol. The summed E-state index contributed by atoms with van der Waals surface area (Å²) in [5.74, 6) is 1.62. The lowest BCUT2D eigenvalue weighted by Gasteiger charge is -2.26. The standard InChI is InChI=1S/C17H24O5/c1-11-6-5-7-13(8-11)22-17(18)12-9-14(19-2)16(21-4)15(10-12)20-3/h9-11,13H,5-8H2,1-4H3. The summed E-state index contributed by atoms with van der Waals surface area (Å²) in [5, 5.41) is 0. The van der Waals surface area contributed by atoms with Crippen LogP contribution in [-0.4, -0.2) is 33.4 Å². The van der Waals surface area contributed by atoms with E-state index in [0.29, 0.717) is 28.7 Å². The molecule has 1 aromatic rings. The molecule has 0 amide bonds. The predicted octanol–water partition coefficient (Wildman–Crippen LogP) is 3.45. The Labute approximate surface area is 131 Å². The summed E-state index contributed by atoms with van der Waals surface area (Å²) in [4.78, 5) is 12.4. The van der Waals surface area contributed by atoms with Gasteiger partial charge in [0.25, 0.3) is 0 Å². The van der Waals surface area contributed by atoms with Gasteiger partial charge in [0.2, 0.25) is 5.75 Å². The van der Waals surface area contributed by atoms with Crippen LogP contribution in [0.25, 0.3) is 0 Å². The summed E-state index contributed by atoms with van der Waals surface area (Å²) >= 11 is 0. The van der Waals surface area contributed by atoms with Crippen molar-refractivity contribution in [3.8, 4) is 17.2 Å². The maximum atomic E-state index is 12.4. The first-order chi connectivity index (χ1) is 10.6. The normalized spacial score (nSPS) is 21.1. The van der Waals surface area contributed by atoms with E-state index in [2.05, 4.69) is 6.92 Å². The van der Waals surface area contributed by atoms with Gasteiger partial charge in [-0.2, -0.15) is 0 Å². The molecule has 1 aliphatic rings. The molecule has 2 atom stereocenters. The maximum absolute atomic E-state index is 12.4. The molecule has 0 spiro atoms. The number of hydrogen-bond acceptors (Lipinski definition) is 5. The Kier molecular flexibility index (Phi) is 5.52. The molecule has 5 nitrogen and oxygen atoms in total. The van der Waals surface area contributed by atoms with Crippen molar-refractivity contribution in [2.24, 2.45) is 5.92 Å². The first-order valence-electron chi connectivity index (χ1n) is 7.60. The number of methoxy groups -OCH3 is 3. The van der Waals surface area contributed by atoms with Crippen molar-refractivity contribution in [1.82, 2.24) is 0 Å². The molecule has 0 radical (unpaired) electrons. The molecular weight excluding hydrogens is 284 g/mol. The minimum atomic E-state index is -0.349. The van der Waals surface area contributed by atoms with Gasteiger partial charge in [-0.05, 0) is 37.3 Å². The van der Waals surface area contributed by atoms with E-state index in [9.17, 15) is 4.79 Å². The molecule has 2 rings (SSSR count). The van der Waals surface area contributed by atoms with Crippen LogP contribution in [0.2, 0.25) is 0 Å². The van der Waals surface area contributed by atoms with E-state index in [1.807, 2.05) is 0 Å². The van der Waals surface area contributed by atoms with Gasteiger partial charge in [-0.15, -0.1) is 0 Å². The van der Waals surface area contributed by atoms with Crippen LogP contribution in [0.4, 0.5) is 0 Å². The summed E-state index contributed by atoms with van der Waals surface area (Å²) < 4.78 is 21.4. The molecule has 1 aromatic carbocycles. The highest BCUT2D eigenvalue weighted by atomic mass is 16.5. The van der Waals surface area contributed by atoms with Gasteiger partial charge in [-0.3, -0.25) is 0 Å². The molecule has 0 N–H and O–H groups in total. The molecule has 0 bridgehead atoms. The molecule has 0 saturated heterocycles. The summed E-state index contributed by atoms with van der Waals surface area (Å²) in [6, 6.07) is 3.24. The van der Waals surface area contributed by atoms with Crippen LogP contribution in [0, 0.1) is 5.92 Å². The summed E-state index contributed by atoms with van der Waals surface area (Å²) in [6.07, 6.45) is 4.17. The lowest BCUT2D eigenvalue weighted by Crippen LogP contribution is -2.24. The largest absolute Gasteiger partial charge is 0.493 e. The Morgan fingerprint density at radius 3 is 2.18 bits per heavy atom. The van der Waals surface area contributed by atoms with Crippen molar-refractivity contribution in [2.75, 3.05) is 21.3 Å². The number of rotatable bonds is 5. The van der Waals surface area contributed by atoms with Gasteiger partial charge < -0.3 is 18.9 Å². The smallest absolute Gasteiger partial charge is 0.338 e. The molecule has 5 heteroatoms. The van der Waals surface area contributed by atoms with Crippen LogP contribution in [-0.2, 0) is 4.74 Å². The summed E-state index contributed by atoms with van der Waals surface area (Å²) in [7, 11) is 4.58. The second-order valence-electron chi connectivity index (χ2n) is 5.71. The Morgan fingerprint density at radius 2 is 1.68 bits per heavy atom. The number of carbonyl (C=O) groups excluding carboxylic acids is 1. The van der Waals surface area contributed by atoms with Crippen LogP contribution < -0.4 is 14.2 Å². The minimum absolute atomic E-state index is 0.00431. The summed E-state index contributed by atoms with van der Waals surface area (Å²) in [5.41, 5.74) is 0.410. The zero-order valence-electron chi connectivity index (χ0n) is 13.7. The van der Waals surface area contributed by atoms with E-state index in [-0.39, 0.29) is 12.1 Å². The van der Waals surface area contributed by atoms with Crippen LogP contribution in [0.3, 0.4) is 0 Å². The number of esters is 1. The highest BCUT2D eigenvalue weighted by molar-refractivity contribution is 5.91. The average molecular weight is 308 g/mol. The molecule has 0 aromatic heterocycles. The minimum Gasteiger partial charge on any atom is -0.493 e. The third-order valence-corrected chi connectivity index (χ3v) is 4.06. The second kappa shape index (κ2) is 7.38. The zero-order valence-corrected chi connectivity index (χ0v) is 13.7. The van der Waals surface area contributed by atoms with Gasteiger partial charge in [0.15, 0.2) is 11.5 Å². The Bertz CT molecular complexity index is 501. The van der Waals surface area contributed by atoms with Gasteiger partial charge in [0.05, 0.1) is 26.9 Å². The molecular formula is C17H24O5. The number of hydrogen-bond donors (Lipinski definition) is 0. The van der Waals surface area contributed by atoms with Gasteiger partial charge in [0, 0.05) is 0 Å². The number of carbonyl (C=O) groups is 1. The fraction of sp³-hybridized carbons (Fsp3) is 0.588. The van der Waals surface area contributed by atoms with Crippen LogP contribution in [0.15, 0.2) is 12.1 Å². The van der Waals surface area contributed by atoms with Gasteiger partial charge in [-0.1, -0.05) is 13.3 Å². The Balaban J connectivity index is 2.18. The van der Waals surface area contributed by atoms with Crippen LogP contribution >= 0.6 is 0 Å². The fourth-order valence-corrected chi connectivity index (χ4v) is 2.90. The fourth-order valence-electron chi connectivity index (χ4n) is 2.90. The molecule has 0 heterocycles. The average Bonchev–Trinajstić information content (AvgIpc) is 2.53. The van der Waals surface area contributed by atoms with E-state index in [4.69, 9.17) is 18.9 Å². The maximum Gasteiger partial charge on any atom is 0.338 e. The molecule has 0 aliphatic heterocycles. The SMILES string of the molecule is COc1cc(C(=O)OC2CCCC(C)C2)cc(OC)c1OC. The van der Waals surface area contributed by atoms with Gasteiger partial charge >= 0.3 is 5.97 Å². The lowest BCUT2D eigenvalue weighted by atomic mass is 9.89. The van der Waals surface area contributed by atoms with E-state index in [1.165, 1.54) is 27.8 Å². The molecule has 1 aliphatic carbocycles. The molecule has 1 saturated carbocycles. The number of benzene rings is 1. The Morgan fingerprint density at radius 1 is 1.05 bits per heavy atom. The molecule has 22 heavy (non-hydrogen) atoms. The highest BCUT2D eigenvalue weighted by Gasteiger charge is 2.24. The van der Waals surface area contributed by atoms with Crippen molar-refractivity contribution < 1.29 is 23.7 Å². The highest BCUT2D eigenvalue weighted by Crippen LogP contribution is 2.38. The number of ether oxygens (including phenoxy) is 4. The third kappa shape index (κ3) is 3.64. The topological polar surface area (TPSA) is 54.0 Å². The van der Waals surface area contributed by atoms with Crippen LogP contribution in [0.5, 0.6) is 17.2 Å². The van der Waals surface area contributed by atoms with Crippen molar-refractivity contribution in [3.63, 3.8) is 0 Å². The van der Waals surface area contributed by atoms with E-state index in [0.717, 1.165) is 19.3 Å². The van der Waals surface area contributed by atoms with E-state index < -0.39 is 0 Å². The summed E-state index contributed by atoms with van der Waals surface area (Å²) in [6.45, 7) is 2.19. The van der Waals surface area contributed by atoms with Crippen molar-refractivity contribution >= 4 is 5.97 Å². The Hall–Kier alpha value is -1.91. The molecule has 1 fully saturated rings. The van der Waals surface area contributed by atoms with Crippen molar-refractivity contribution in [2.45, 2.75) is 38.7 Å². The second-order valence-corrected chi connectivity index (χ2v) is 5.71. The zero-order chi connectivity index (χ0) is 16.1. The third-order valence-electron chi connectivity index (χ3n) is 4.06. The van der Waals surface area contributed by atoms with E-state index >= 15 is 0 Å². The van der Waals surface area contributed by atoms with Crippen molar-refractivity contribution in [1.29, 1.82) is 0 Å².